The van der Waals surface area contributed by atoms with Crippen molar-refractivity contribution >= 4 is 17.8 Å². The molecule has 0 bridgehead atoms. The van der Waals surface area contributed by atoms with Gasteiger partial charge in [-0.25, -0.2) is 5.43 Å². The average molecular weight is 412 g/mol. The van der Waals surface area contributed by atoms with Gasteiger partial charge in [-0.15, -0.1) is 0 Å². The van der Waals surface area contributed by atoms with E-state index in [0.717, 1.165) is 5.69 Å². The number of rotatable bonds is 4. The predicted molar refractivity (Wildman–Crippen MR) is 123 cm³/mol. The van der Waals surface area contributed by atoms with Crippen LogP contribution in [0.4, 0.5) is 5.69 Å². The first-order chi connectivity index (χ1) is 13.7. The fourth-order valence-corrected chi connectivity index (χ4v) is 3.05. The standard InChI is InChI=1S/C24H33N3O3/c1-23(2,3)18-11-16(12-19(21(18)29)24(4,5)6)22(30)26-25-14-15-9-10-17(27(7)8)13-20(15)28/h9-14,28-29H,1-8H3,(H,26,30). The molecule has 162 valence electrons. The summed E-state index contributed by atoms with van der Waals surface area (Å²) in [5.41, 5.74) is 5.06. The first-order valence-corrected chi connectivity index (χ1v) is 9.93. The molecule has 0 unspecified atom stereocenters. The Kier molecular flexibility index (Phi) is 6.50. The molecule has 3 N–H and O–H groups in total. The number of nitrogens with one attached hydrogen (secondary N) is 1. The SMILES string of the molecule is CN(C)c1ccc(C=NNC(=O)c2cc(C(C)(C)C)c(O)c(C(C)(C)C)c2)c(O)c1. The number of hydrazone groups is 1. The molecule has 30 heavy (non-hydrogen) atoms. The maximum Gasteiger partial charge on any atom is 0.271 e. The van der Waals surface area contributed by atoms with Gasteiger partial charge in [-0.3, -0.25) is 4.79 Å². The number of phenols is 2. The van der Waals surface area contributed by atoms with Crippen LogP contribution in [0, 0.1) is 0 Å². The zero-order valence-electron chi connectivity index (χ0n) is 19.2. The quantitative estimate of drug-likeness (QED) is 0.510. The molecule has 2 rings (SSSR count). The maximum absolute atomic E-state index is 12.8. The molecule has 0 fully saturated rings. The minimum Gasteiger partial charge on any atom is -0.507 e. The number of carbonyl (C=O) groups is 1. The van der Waals surface area contributed by atoms with Crippen molar-refractivity contribution in [2.24, 2.45) is 5.10 Å². The van der Waals surface area contributed by atoms with E-state index in [9.17, 15) is 15.0 Å². The monoisotopic (exact) mass is 411 g/mol. The van der Waals surface area contributed by atoms with Crippen molar-refractivity contribution in [2.75, 3.05) is 19.0 Å². The molecule has 0 atom stereocenters. The van der Waals surface area contributed by atoms with Gasteiger partial charge in [-0.1, -0.05) is 41.5 Å². The molecule has 1 amide bonds. The molecule has 2 aromatic carbocycles. The largest absolute Gasteiger partial charge is 0.507 e. The van der Waals surface area contributed by atoms with E-state index in [-0.39, 0.29) is 28.2 Å². The van der Waals surface area contributed by atoms with Crippen molar-refractivity contribution in [1.82, 2.24) is 5.43 Å². The number of carbonyl (C=O) groups excluding carboxylic acids is 1. The van der Waals surface area contributed by atoms with Crippen molar-refractivity contribution in [1.29, 1.82) is 0 Å². The van der Waals surface area contributed by atoms with E-state index in [2.05, 4.69) is 10.5 Å². The number of phenolic OH excluding ortho intramolecular Hbond substituents is 2. The molecule has 0 aromatic heterocycles. The Bertz CT molecular complexity index is 930. The van der Waals surface area contributed by atoms with Crippen LogP contribution in [-0.2, 0) is 10.8 Å². The average Bonchev–Trinajstić information content (AvgIpc) is 2.60. The van der Waals surface area contributed by atoms with Gasteiger partial charge in [0.05, 0.1) is 6.21 Å². The number of nitrogens with zero attached hydrogens (tertiary/aromatic N) is 2. The van der Waals surface area contributed by atoms with Gasteiger partial charge >= 0.3 is 0 Å². The summed E-state index contributed by atoms with van der Waals surface area (Å²) in [7, 11) is 3.77. The fourth-order valence-electron chi connectivity index (χ4n) is 3.05. The Balaban J connectivity index is 2.32. The van der Waals surface area contributed by atoms with Gasteiger partial charge in [0.25, 0.3) is 5.91 Å². The summed E-state index contributed by atoms with van der Waals surface area (Å²) >= 11 is 0. The zero-order chi connectivity index (χ0) is 22.9. The molecule has 2 aromatic rings. The van der Waals surface area contributed by atoms with E-state index >= 15 is 0 Å². The van der Waals surface area contributed by atoms with Gasteiger partial charge < -0.3 is 15.1 Å². The highest BCUT2D eigenvalue weighted by Gasteiger charge is 2.27. The first-order valence-electron chi connectivity index (χ1n) is 9.93. The third-order valence-corrected chi connectivity index (χ3v) is 4.89. The lowest BCUT2D eigenvalue weighted by atomic mass is 9.78. The molecular weight excluding hydrogens is 378 g/mol. The van der Waals surface area contributed by atoms with E-state index in [1.807, 2.05) is 66.6 Å². The minimum atomic E-state index is -0.383. The van der Waals surface area contributed by atoms with Crippen LogP contribution in [0.5, 0.6) is 11.5 Å². The van der Waals surface area contributed by atoms with E-state index in [1.165, 1.54) is 6.21 Å². The zero-order valence-corrected chi connectivity index (χ0v) is 19.2. The number of benzene rings is 2. The molecule has 0 saturated heterocycles. The van der Waals surface area contributed by atoms with E-state index in [0.29, 0.717) is 22.3 Å². The van der Waals surface area contributed by atoms with Crippen molar-refractivity contribution in [3.05, 3.63) is 52.6 Å². The lowest BCUT2D eigenvalue weighted by molar-refractivity contribution is 0.0955. The van der Waals surface area contributed by atoms with Crippen LogP contribution in [-0.4, -0.2) is 36.4 Å². The number of hydrogen-bond acceptors (Lipinski definition) is 5. The van der Waals surface area contributed by atoms with Crippen LogP contribution < -0.4 is 10.3 Å². The third-order valence-electron chi connectivity index (χ3n) is 4.89. The van der Waals surface area contributed by atoms with Crippen LogP contribution in [0.3, 0.4) is 0 Å². The number of anilines is 1. The highest BCUT2D eigenvalue weighted by atomic mass is 16.3. The number of aromatic hydroxyl groups is 2. The summed E-state index contributed by atoms with van der Waals surface area (Å²) < 4.78 is 0. The highest BCUT2D eigenvalue weighted by Crippen LogP contribution is 2.39. The van der Waals surface area contributed by atoms with Gasteiger partial charge in [0, 0.05) is 48.1 Å². The molecule has 0 heterocycles. The van der Waals surface area contributed by atoms with Crippen LogP contribution >= 0.6 is 0 Å². The molecule has 0 spiro atoms. The van der Waals surface area contributed by atoms with Crippen LogP contribution in [0.25, 0.3) is 0 Å². The summed E-state index contributed by atoms with van der Waals surface area (Å²) in [6, 6.07) is 8.64. The second-order valence-electron chi connectivity index (χ2n) is 9.76. The second kappa shape index (κ2) is 8.38. The Labute approximate surface area is 179 Å². The normalized spacial score (nSPS) is 12.3. The predicted octanol–water partition coefficient (Wildman–Crippen LogP) is 4.52. The number of amides is 1. The highest BCUT2D eigenvalue weighted by molar-refractivity contribution is 5.96. The Morgan fingerprint density at radius 3 is 1.93 bits per heavy atom. The van der Waals surface area contributed by atoms with Crippen molar-refractivity contribution in [2.45, 2.75) is 52.4 Å². The van der Waals surface area contributed by atoms with Crippen LogP contribution in [0.1, 0.15) is 68.6 Å². The summed E-state index contributed by atoms with van der Waals surface area (Å²) in [4.78, 5) is 14.6. The van der Waals surface area contributed by atoms with Gasteiger partial charge in [-0.05, 0) is 35.1 Å². The molecule has 0 aliphatic rings. The Morgan fingerprint density at radius 2 is 1.50 bits per heavy atom. The van der Waals surface area contributed by atoms with Crippen molar-refractivity contribution in [3.63, 3.8) is 0 Å². The topological polar surface area (TPSA) is 85.2 Å². The summed E-state index contributed by atoms with van der Waals surface area (Å²) in [5.74, 6) is -0.0820. The maximum atomic E-state index is 12.8. The smallest absolute Gasteiger partial charge is 0.271 e. The van der Waals surface area contributed by atoms with Gasteiger partial charge in [0.15, 0.2) is 0 Å². The second-order valence-corrected chi connectivity index (χ2v) is 9.76. The molecule has 6 heteroatoms. The molecular formula is C24H33N3O3. The van der Waals surface area contributed by atoms with E-state index in [4.69, 9.17) is 0 Å². The molecule has 6 nitrogen and oxygen atoms in total. The van der Waals surface area contributed by atoms with Crippen LogP contribution in [0.15, 0.2) is 35.4 Å². The van der Waals surface area contributed by atoms with Crippen LogP contribution in [0.2, 0.25) is 0 Å². The van der Waals surface area contributed by atoms with E-state index in [1.54, 1.807) is 24.3 Å². The molecule has 0 aliphatic carbocycles. The van der Waals surface area contributed by atoms with Crippen molar-refractivity contribution < 1.29 is 15.0 Å². The Hall–Kier alpha value is -3.02. The van der Waals surface area contributed by atoms with Crippen molar-refractivity contribution in [3.8, 4) is 11.5 Å². The fraction of sp³-hybridized carbons (Fsp3) is 0.417. The van der Waals surface area contributed by atoms with Gasteiger partial charge in [0.1, 0.15) is 11.5 Å². The summed E-state index contributed by atoms with van der Waals surface area (Å²) in [6.07, 6.45) is 1.41. The van der Waals surface area contributed by atoms with Gasteiger partial charge in [0.2, 0.25) is 0 Å². The summed E-state index contributed by atoms with van der Waals surface area (Å²) in [5, 5.41) is 24.9. The number of hydrogen-bond donors (Lipinski definition) is 3. The molecule has 0 aliphatic heterocycles. The molecule has 0 radical (unpaired) electrons. The molecule has 0 saturated carbocycles. The first kappa shape index (κ1) is 23.3. The minimum absolute atomic E-state index is 0.0777. The lowest BCUT2D eigenvalue weighted by Crippen LogP contribution is -2.22. The lowest BCUT2D eigenvalue weighted by Gasteiger charge is -2.28. The van der Waals surface area contributed by atoms with E-state index < -0.39 is 0 Å². The Morgan fingerprint density at radius 1 is 0.967 bits per heavy atom. The van der Waals surface area contributed by atoms with Gasteiger partial charge in [-0.2, -0.15) is 5.10 Å². The summed E-state index contributed by atoms with van der Waals surface area (Å²) in [6.45, 7) is 12.0. The third kappa shape index (κ3) is 5.32.